The maximum atomic E-state index is 12.3. The first-order chi connectivity index (χ1) is 8.60. The SMILES string of the molecule is O=Cc1cnc(-c2cc(Br)ccc2OC(F)F)s1. The number of rotatable bonds is 4. The first-order valence-electron chi connectivity index (χ1n) is 4.76. The van der Waals surface area contributed by atoms with Crippen LogP contribution in [0.5, 0.6) is 5.75 Å². The summed E-state index contributed by atoms with van der Waals surface area (Å²) in [5.74, 6) is 0.0278. The monoisotopic (exact) mass is 333 g/mol. The third-order valence-corrected chi connectivity index (χ3v) is 3.48. The van der Waals surface area contributed by atoms with E-state index in [9.17, 15) is 13.6 Å². The second kappa shape index (κ2) is 5.53. The molecule has 1 aromatic carbocycles. The zero-order valence-electron chi connectivity index (χ0n) is 8.77. The van der Waals surface area contributed by atoms with E-state index in [2.05, 4.69) is 25.7 Å². The van der Waals surface area contributed by atoms with Crippen molar-refractivity contribution in [2.24, 2.45) is 0 Å². The molecule has 0 aliphatic carbocycles. The summed E-state index contributed by atoms with van der Waals surface area (Å²) in [6, 6.07) is 4.63. The van der Waals surface area contributed by atoms with Crippen molar-refractivity contribution in [2.45, 2.75) is 6.61 Å². The molecule has 2 aromatic rings. The van der Waals surface area contributed by atoms with E-state index < -0.39 is 6.61 Å². The molecule has 0 amide bonds. The summed E-state index contributed by atoms with van der Waals surface area (Å²) < 4.78 is 29.7. The fourth-order valence-corrected chi connectivity index (χ4v) is 2.45. The normalized spacial score (nSPS) is 10.7. The largest absolute Gasteiger partial charge is 0.434 e. The van der Waals surface area contributed by atoms with Gasteiger partial charge in [-0.1, -0.05) is 15.9 Å². The summed E-state index contributed by atoms with van der Waals surface area (Å²) in [5, 5.41) is 0.453. The Morgan fingerprint density at radius 2 is 2.22 bits per heavy atom. The predicted molar refractivity (Wildman–Crippen MR) is 67.3 cm³/mol. The molecule has 0 N–H and O–H groups in total. The summed E-state index contributed by atoms with van der Waals surface area (Å²) in [7, 11) is 0. The summed E-state index contributed by atoms with van der Waals surface area (Å²) >= 11 is 4.36. The highest BCUT2D eigenvalue weighted by molar-refractivity contribution is 9.10. The number of halogens is 3. The molecule has 18 heavy (non-hydrogen) atoms. The van der Waals surface area contributed by atoms with Crippen LogP contribution in [0, 0.1) is 0 Å². The van der Waals surface area contributed by atoms with Gasteiger partial charge in [0.15, 0.2) is 6.29 Å². The maximum absolute atomic E-state index is 12.3. The molecule has 1 aromatic heterocycles. The Bertz CT molecular complexity index is 574. The van der Waals surface area contributed by atoms with Crippen LogP contribution in [0.3, 0.4) is 0 Å². The average molecular weight is 334 g/mol. The number of aromatic nitrogens is 1. The molecule has 0 saturated heterocycles. The topological polar surface area (TPSA) is 39.2 Å². The van der Waals surface area contributed by atoms with Crippen molar-refractivity contribution < 1.29 is 18.3 Å². The van der Waals surface area contributed by atoms with Gasteiger partial charge in [0.25, 0.3) is 0 Å². The number of alkyl halides is 2. The molecule has 0 spiro atoms. The second-order valence-electron chi connectivity index (χ2n) is 3.20. The molecule has 0 saturated carbocycles. The highest BCUT2D eigenvalue weighted by Gasteiger charge is 2.14. The lowest BCUT2D eigenvalue weighted by Gasteiger charge is -2.09. The zero-order chi connectivity index (χ0) is 13.1. The number of carbonyl (C=O) groups excluding carboxylic acids is 1. The number of ether oxygens (including phenoxy) is 1. The molecular formula is C11H6BrF2NO2S. The molecule has 94 valence electrons. The molecule has 7 heteroatoms. The molecule has 3 nitrogen and oxygen atoms in total. The number of hydrogen-bond acceptors (Lipinski definition) is 4. The Labute approximate surface area is 114 Å². The maximum Gasteiger partial charge on any atom is 0.387 e. The molecule has 0 fully saturated rings. The Balaban J connectivity index is 2.46. The number of thiazole rings is 1. The van der Waals surface area contributed by atoms with Crippen molar-refractivity contribution in [3.05, 3.63) is 33.7 Å². The van der Waals surface area contributed by atoms with Crippen LogP contribution in [0.25, 0.3) is 10.6 Å². The van der Waals surface area contributed by atoms with Gasteiger partial charge in [0.05, 0.1) is 10.4 Å². The van der Waals surface area contributed by atoms with Crippen molar-refractivity contribution in [3.63, 3.8) is 0 Å². The first-order valence-corrected chi connectivity index (χ1v) is 6.37. The number of aldehydes is 1. The van der Waals surface area contributed by atoms with Gasteiger partial charge in [-0.3, -0.25) is 4.79 Å². The molecule has 0 atom stereocenters. The minimum Gasteiger partial charge on any atom is -0.434 e. The standard InChI is InChI=1S/C11H6BrF2NO2S/c12-6-1-2-9(17-11(13)14)8(3-6)10-15-4-7(5-16)18-10/h1-5,11H. The van der Waals surface area contributed by atoms with Crippen molar-refractivity contribution >= 4 is 33.6 Å². The molecular weight excluding hydrogens is 328 g/mol. The summed E-state index contributed by atoms with van der Waals surface area (Å²) in [6.07, 6.45) is 2.05. The van der Waals surface area contributed by atoms with Crippen LogP contribution in [-0.2, 0) is 0 Å². The van der Waals surface area contributed by atoms with Crippen LogP contribution in [0.2, 0.25) is 0 Å². The minimum atomic E-state index is -2.91. The molecule has 1 heterocycles. The second-order valence-corrected chi connectivity index (χ2v) is 5.18. The van der Waals surface area contributed by atoms with Crippen molar-refractivity contribution in [1.82, 2.24) is 4.98 Å². The molecule has 0 aliphatic heterocycles. The Morgan fingerprint density at radius 1 is 1.44 bits per heavy atom. The van der Waals surface area contributed by atoms with Gasteiger partial charge in [0, 0.05) is 10.7 Å². The van der Waals surface area contributed by atoms with E-state index in [4.69, 9.17) is 0 Å². The smallest absolute Gasteiger partial charge is 0.387 e. The number of benzene rings is 1. The predicted octanol–water partition coefficient (Wildman–Crippen LogP) is 3.99. The Hall–Kier alpha value is -1.34. The van der Waals surface area contributed by atoms with Gasteiger partial charge >= 0.3 is 6.61 Å². The van der Waals surface area contributed by atoms with E-state index in [1.165, 1.54) is 12.3 Å². The van der Waals surface area contributed by atoms with Crippen molar-refractivity contribution in [2.75, 3.05) is 0 Å². The molecule has 0 radical (unpaired) electrons. The minimum absolute atomic E-state index is 0.0278. The van der Waals surface area contributed by atoms with Crippen molar-refractivity contribution in [1.29, 1.82) is 0 Å². The lowest BCUT2D eigenvalue weighted by molar-refractivity contribution is -0.0494. The van der Waals surface area contributed by atoms with Crippen LogP contribution in [0.4, 0.5) is 8.78 Å². The fourth-order valence-electron chi connectivity index (χ4n) is 1.33. The quantitative estimate of drug-likeness (QED) is 0.794. The number of carbonyl (C=O) groups is 1. The molecule has 0 bridgehead atoms. The van der Waals surface area contributed by atoms with Crippen LogP contribution in [-0.4, -0.2) is 17.9 Å². The average Bonchev–Trinajstić information content (AvgIpc) is 2.79. The van der Waals surface area contributed by atoms with Gasteiger partial charge in [0.2, 0.25) is 0 Å². The zero-order valence-corrected chi connectivity index (χ0v) is 11.2. The van der Waals surface area contributed by atoms with E-state index in [0.717, 1.165) is 11.3 Å². The van der Waals surface area contributed by atoms with E-state index in [0.29, 0.717) is 26.2 Å². The summed E-state index contributed by atoms with van der Waals surface area (Å²) in [6.45, 7) is -2.91. The van der Waals surface area contributed by atoms with Crippen LogP contribution < -0.4 is 4.74 Å². The van der Waals surface area contributed by atoms with Gasteiger partial charge in [-0.15, -0.1) is 11.3 Å². The summed E-state index contributed by atoms with van der Waals surface area (Å²) in [5.41, 5.74) is 0.419. The van der Waals surface area contributed by atoms with Crippen molar-refractivity contribution in [3.8, 4) is 16.3 Å². The number of hydrogen-bond donors (Lipinski definition) is 0. The van der Waals surface area contributed by atoms with Gasteiger partial charge < -0.3 is 4.74 Å². The van der Waals surface area contributed by atoms with Gasteiger partial charge in [0.1, 0.15) is 10.8 Å². The highest BCUT2D eigenvalue weighted by Crippen LogP contribution is 2.35. The van der Waals surface area contributed by atoms with E-state index in [1.54, 1.807) is 12.1 Å². The van der Waals surface area contributed by atoms with Gasteiger partial charge in [-0.25, -0.2) is 4.98 Å². The Kier molecular flexibility index (Phi) is 4.03. The fraction of sp³-hybridized carbons (Fsp3) is 0.0909. The molecule has 2 rings (SSSR count). The highest BCUT2D eigenvalue weighted by atomic mass is 79.9. The third-order valence-electron chi connectivity index (χ3n) is 2.03. The van der Waals surface area contributed by atoms with Crippen LogP contribution >= 0.6 is 27.3 Å². The third kappa shape index (κ3) is 2.91. The first kappa shape index (κ1) is 13.1. The molecule has 0 unspecified atom stereocenters. The molecule has 0 aliphatic rings. The Morgan fingerprint density at radius 3 is 2.83 bits per heavy atom. The lowest BCUT2D eigenvalue weighted by atomic mass is 10.2. The van der Waals surface area contributed by atoms with Crippen LogP contribution in [0.15, 0.2) is 28.9 Å². The van der Waals surface area contributed by atoms with E-state index in [1.807, 2.05) is 0 Å². The number of nitrogens with zero attached hydrogens (tertiary/aromatic N) is 1. The van der Waals surface area contributed by atoms with E-state index >= 15 is 0 Å². The van der Waals surface area contributed by atoms with Gasteiger partial charge in [-0.2, -0.15) is 8.78 Å². The lowest BCUT2D eigenvalue weighted by Crippen LogP contribution is -2.03. The van der Waals surface area contributed by atoms with Crippen LogP contribution in [0.1, 0.15) is 9.67 Å². The summed E-state index contributed by atoms with van der Waals surface area (Å²) in [4.78, 5) is 15.0. The van der Waals surface area contributed by atoms with E-state index in [-0.39, 0.29) is 5.75 Å². The van der Waals surface area contributed by atoms with Gasteiger partial charge in [-0.05, 0) is 18.2 Å².